The van der Waals surface area contributed by atoms with E-state index in [1.54, 1.807) is 7.11 Å². The number of thioether (sulfide) groups is 1. The van der Waals surface area contributed by atoms with E-state index in [1.807, 2.05) is 35.8 Å². The van der Waals surface area contributed by atoms with Gasteiger partial charge in [-0.1, -0.05) is 23.9 Å². The minimum atomic E-state index is -0.194. The van der Waals surface area contributed by atoms with Gasteiger partial charge >= 0.3 is 5.97 Å². The number of ether oxygens (including phenoxy) is 2. The Morgan fingerprint density at radius 2 is 2.23 bits per heavy atom. The molecule has 0 radical (unpaired) electrons. The lowest BCUT2D eigenvalue weighted by molar-refractivity contribution is -0.137. The number of rotatable bonds is 5. The number of benzene rings is 1. The Morgan fingerprint density at radius 1 is 1.41 bits per heavy atom. The van der Waals surface area contributed by atoms with E-state index in [0.29, 0.717) is 19.6 Å². The normalized spacial score (nSPS) is 17.5. The second-order valence-electron chi connectivity index (χ2n) is 4.81. The highest BCUT2D eigenvalue weighted by Crippen LogP contribution is 2.33. The molecule has 1 aromatic heterocycles. The number of carbonyl (C=O) groups excluding carboxylic acids is 1. The van der Waals surface area contributed by atoms with Gasteiger partial charge < -0.3 is 14.0 Å². The highest BCUT2D eigenvalue weighted by atomic mass is 32.2. The summed E-state index contributed by atoms with van der Waals surface area (Å²) in [7, 11) is 1.63. The number of hydrogen-bond donors (Lipinski definition) is 0. The predicted octanol–water partition coefficient (Wildman–Crippen LogP) is 2.38. The Morgan fingerprint density at radius 3 is 2.91 bits per heavy atom. The standard InChI is InChI=1S/C15H17N3O3S/c1-3-18-13(10-6-4-5-7-11(10)20-2)16-17-15(18)22-12-8-9-21-14(12)19/h4-7,12H,3,8-9H2,1-2H3/t12-/m0/s1. The molecular weight excluding hydrogens is 302 g/mol. The van der Waals surface area contributed by atoms with Crippen LogP contribution in [0.4, 0.5) is 0 Å². The Hall–Kier alpha value is -2.02. The van der Waals surface area contributed by atoms with Gasteiger partial charge in [0, 0.05) is 13.0 Å². The first kappa shape index (κ1) is 14.9. The maximum atomic E-state index is 11.6. The molecule has 0 bridgehead atoms. The third-order valence-corrected chi connectivity index (χ3v) is 4.74. The van der Waals surface area contributed by atoms with Crippen LogP contribution in [-0.4, -0.2) is 39.7 Å². The van der Waals surface area contributed by atoms with Crippen molar-refractivity contribution in [1.82, 2.24) is 14.8 Å². The molecule has 1 aliphatic heterocycles. The van der Waals surface area contributed by atoms with Crippen LogP contribution >= 0.6 is 11.8 Å². The first-order chi connectivity index (χ1) is 10.7. The zero-order valence-electron chi connectivity index (χ0n) is 12.5. The van der Waals surface area contributed by atoms with E-state index >= 15 is 0 Å². The Balaban J connectivity index is 1.95. The Kier molecular flexibility index (Phi) is 4.33. The highest BCUT2D eigenvalue weighted by molar-refractivity contribution is 8.00. The molecule has 2 aromatic rings. The van der Waals surface area contributed by atoms with Gasteiger partial charge in [-0.05, 0) is 19.1 Å². The lowest BCUT2D eigenvalue weighted by Crippen LogP contribution is -2.11. The molecule has 1 saturated heterocycles. The van der Waals surface area contributed by atoms with E-state index in [0.717, 1.165) is 22.3 Å². The molecule has 0 aliphatic carbocycles. The quantitative estimate of drug-likeness (QED) is 0.788. The van der Waals surface area contributed by atoms with Crippen LogP contribution in [-0.2, 0) is 16.1 Å². The SMILES string of the molecule is CCn1c(S[C@H]2CCOC2=O)nnc1-c1ccccc1OC. The molecule has 3 rings (SSSR count). The van der Waals surface area contributed by atoms with Gasteiger partial charge in [-0.2, -0.15) is 0 Å². The Bertz CT molecular complexity index is 686. The van der Waals surface area contributed by atoms with E-state index in [9.17, 15) is 4.79 Å². The number of esters is 1. The van der Waals surface area contributed by atoms with E-state index < -0.39 is 0 Å². The number of carbonyl (C=O) groups is 1. The van der Waals surface area contributed by atoms with Crippen molar-refractivity contribution in [3.8, 4) is 17.1 Å². The van der Waals surface area contributed by atoms with Crippen molar-refractivity contribution in [2.75, 3.05) is 13.7 Å². The minimum Gasteiger partial charge on any atom is -0.496 e. The van der Waals surface area contributed by atoms with Crippen LogP contribution in [0.2, 0.25) is 0 Å². The molecule has 0 unspecified atom stereocenters. The van der Waals surface area contributed by atoms with Crippen molar-refractivity contribution in [1.29, 1.82) is 0 Å². The first-order valence-corrected chi connectivity index (χ1v) is 8.02. The topological polar surface area (TPSA) is 66.2 Å². The molecule has 0 N–H and O–H groups in total. The van der Waals surface area contributed by atoms with Gasteiger partial charge in [0.2, 0.25) is 0 Å². The average molecular weight is 319 g/mol. The summed E-state index contributed by atoms with van der Waals surface area (Å²) >= 11 is 1.41. The van der Waals surface area contributed by atoms with Gasteiger partial charge in [-0.3, -0.25) is 4.79 Å². The minimum absolute atomic E-state index is 0.172. The number of hydrogen-bond acceptors (Lipinski definition) is 6. The summed E-state index contributed by atoms with van der Waals surface area (Å²) in [5.74, 6) is 1.32. The van der Waals surface area contributed by atoms with Crippen LogP contribution < -0.4 is 4.74 Å². The summed E-state index contributed by atoms with van der Waals surface area (Å²) in [4.78, 5) is 11.6. The van der Waals surface area contributed by atoms with Crippen LogP contribution in [0.5, 0.6) is 5.75 Å². The number of methoxy groups -OCH3 is 1. The maximum Gasteiger partial charge on any atom is 0.319 e. The number of aromatic nitrogens is 3. The molecule has 116 valence electrons. The van der Waals surface area contributed by atoms with Gasteiger partial charge in [0.25, 0.3) is 0 Å². The number of cyclic esters (lactones) is 1. The zero-order valence-corrected chi connectivity index (χ0v) is 13.3. The fourth-order valence-corrected chi connectivity index (χ4v) is 3.46. The highest BCUT2D eigenvalue weighted by Gasteiger charge is 2.30. The van der Waals surface area contributed by atoms with Crippen molar-refractivity contribution in [2.45, 2.75) is 30.3 Å². The smallest absolute Gasteiger partial charge is 0.319 e. The molecule has 22 heavy (non-hydrogen) atoms. The monoisotopic (exact) mass is 319 g/mol. The van der Waals surface area contributed by atoms with E-state index in [2.05, 4.69) is 10.2 Å². The second-order valence-corrected chi connectivity index (χ2v) is 5.98. The van der Waals surface area contributed by atoms with Crippen molar-refractivity contribution in [3.05, 3.63) is 24.3 Å². The summed E-state index contributed by atoms with van der Waals surface area (Å²) in [6, 6.07) is 7.70. The average Bonchev–Trinajstić information content (AvgIpc) is 3.14. The van der Waals surface area contributed by atoms with E-state index in [4.69, 9.17) is 9.47 Å². The largest absolute Gasteiger partial charge is 0.496 e. The molecule has 0 saturated carbocycles. The fourth-order valence-electron chi connectivity index (χ4n) is 2.40. The lowest BCUT2D eigenvalue weighted by Gasteiger charge is -2.11. The number of nitrogens with zero attached hydrogens (tertiary/aromatic N) is 3. The summed E-state index contributed by atoms with van der Waals surface area (Å²) in [6.07, 6.45) is 0.712. The third-order valence-electron chi connectivity index (χ3n) is 3.52. The van der Waals surface area contributed by atoms with E-state index in [-0.39, 0.29) is 11.2 Å². The second kappa shape index (κ2) is 6.39. The van der Waals surface area contributed by atoms with Crippen molar-refractivity contribution in [3.63, 3.8) is 0 Å². The molecule has 2 heterocycles. The van der Waals surface area contributed by atoms with Gasteiger partial charge in [0.15, 0.2) is 11.0 Å². The molecule has 6 nitrogen and oxygen atoms in total. The molecular formula is C15H17N3O3S. The van der Waals surface area contributed by atoms with Crippen LogP contribution in [0.1, 0.15) is 13.3 Å². The van der Waals surface area contributed by atoms with Crippen molar-refractivity contribution < 1.29 is 14.3 Å². The molecule has 1 aromatic carbocycles. The fraction of sp³-hybridized carbons (Fsp3) is 0.400. The van der Waals surface area contributed by atoms with Crippen LogP contribution in [0, 0.1) is 0 Å². The van der Waals surface area contributed by atoms with Crippen LogP contribution in [0.3, 0.4) is 0 Å². The zero-order chi connectivity index (χ0) is 15.5. The predicted molar refractivity (Wildman–Crippen MR) is 82.9 cm³/mol. The lowest BCUT2D eigenvalue weighted by atomic mass is 10.2. The summed E-state index contributed by atoms with van der Waals surface area (Å²) in [6.45, 7) is 3.22. The summed E-state index contributed by atoms with van der Waals surface area (Å²) in [5, 5.41) is 9.08. The summed E-state index contributed by atoms with van der Waals surface area (Å²) < 4.78 is 12.4. The molecule has 1 atom stereocenters. The van der Waals surface area contributed by atoms with Gasteiger partial charge in [-0.25, -0.2) is 0 Å². The van der Waals surface area contributed by atoms with Gasteiger partial charge in [-0.15, -0.1) is 10.2 Å². The molecule has 1 aliphatic rings. The van der Waals surface area contributed by atoms with Crippen molar-refractivity contribution in [2.24, 2.45) is 0 Å². The van der Waals surface area contributed by atoms with Crippen molar-refractivity contribution >= 4 is 17.7 Å². The molecule has 0 spiro atoms. The first-order valence-electron chi connectivity index (χ1n) is 7.14. The molecule has 1 fully saturated rings. The summed E-state index contributed by atoms with van der Waals surface area (Å²) in [5.41, 5.74) is 0.889. The van der Waals surface area contributed by atoms with Crippen LogP contribution in [0.25, 0.3) is 11.4 Å². The van der Waals surface area contributed by atoms with E-state index in [1.165, 1.54) is 11.8 Å². The van der Waals surface area contributed by atoms with Gasteiger partial charge in [0.05, 0.1) is 19.3 Å². The Labute approximate surface area is 132 Å². The van der Waals surface area contributed by atoms with Crippen LogP contribution in [0.15, 0.2) is 29.4 Å². The third kappa shape index (κ3) is 2.68. The van der Waals surface area contributed by atoms with Gasteiger partial charge in [0.1, 0.15) is 11.0 Å². The molecule has 7 heteroatoms. The maximum absolute atomic E-state index is 11.6. The molecule has 0 amide bonds. The number of para-hydroxylation sites is 1.